The monoisotopic (exact) mass is 644 g/mol. The molecule has 3 N–H and O–H groups in total. The Morgan fingerprint density at radius 2 is 1.72 bits per heavy atom. The van der Waals surface area contributed by atoms with Gasteiger partial charge in [-0.05, 0) is 86.3 Å². The molecule has 1 saturated carbocycles. The molecule has 0 amide bonds. The highest BCUT2D eigenvalue weighted by atomic mass is 16.6. The summed E-state index contributed by atoms with van der Waals surface area (Å²) in [6.07, 6.45) is 12.8. The number of benzene rings is 1. The fourth-order valence-electron chi connectivity index (χ4n) is 8.27. The minimum Gasteiger partial charge on any atom is -0.506 e. The van der Waals surface area contributed by atoms with Gasteiger partial charge in [0.1, 0.15) is 28.4 Å². The average Bonchev–Trinajstić information content (AvgIpc) is 3.13. The van der Waals surface area contributed by atoms with Crippen molar-refractivity contribution in [2.75, 3.05) is 6.61 Å². The maximum atomic E-state index is 14.7. The van der Waals surface area contributed by atoms with Crippen LogP contribution in [0.5, 0.6) is 17.2 Å². The molecule has 2 fully saturated rings. The normalized spacial score (nSPS) is 30.8. The summed E-state index contributed by atoms with van der Waals surface area (Å²) < 4.78 is 20.5. The van der Waals surface area contributed by atoms with Crippen LogP contribution in [0.3, 0.4) is 0 Å². The molecule has 1 aromatic carbocycles. The number of rotatable bonds is 9. The van der Waals surface area contributed by atoms with E-state index in [0.717, 1.165) is 12.0 Å². The van der Waals surface area contributed by atoms with Crippen LogP contribution in [0.4, 0.5) is 0 Å². The first-order chi connectivity index (χ1) is 22.0. The van der Waals surface area contributed by atoms with Crippen molar-refractivity contribution in [1.82, 2.24) is 0 Å². The van der Waals surface area contributed by atoms with Crippen LogP contribution < -0.4 is 9.47 Å². The van der Waals surface area contributed by atoms with E-state index in [2.05, 4.69) is 6.08 Å². The van der Waals surface area contributed by atoms with Gasteiger partial charge in [0.25, 0.3) is 0 Å². The lowest BCUT2D eigenvalue weighted by molar-refractivity contribution is -0.171. The predicted octanol–water partition coefficient (Wildman–Crippen LogP) is 6.21. The minimum absolute atomic E-state index is 0.0173. The summed E-state index contributed by atoms with van der Waals surface area (Å²) in [6.45, 7) is 13.0. The third-order valence-electron chi connectivity index (χ3n) is 10.5. The zero-order chi connectivity index (χ0) is 34.3. The molecule has 9 heteroatoms. The molecule has 250 valence electrons. The molecule has 0 radical (unpaired) electrons. The Labute approximate surface area is 275 Å². The summed E-state index contributed by atoms with van der Waals surface area (Å²) in [5.74, 6) is -2.84. The number of Topliss-reactive ketones (excluding diaryl/α,β-unsaturated/α-hetero) is 2. The van der Waals surface area contributed by atoms with Crippen LogP contribution in [0.1, 0.15) is 95.6 Å². The molecule has 3 heterocycles. The summed E-state index contributed by atoms with van der Waals surface area (Å²) in [5, 5.41) is 31.2. The number of aliphatic hydroxyl groups is 1. The number of carbonyl (C=O) groups is 3. The quantitative estimate of drug-likeness (QED) is 0.211. The van der Waals surface area contributed by atoms with Gasteiger partial charge in [0, 0.05) is 29.4 Å². The second-order valence-corrected chi connectivity index (χ2v) is 14.8. The second kappa shape index (κ2) is 11.1. The number of fused-ring (bicyclic) bond motifs is 2. The molecule has 6 aliphatic rings. The van der Waals surface area contributed by atoms with E-state index in [1.54, 1.807) is 6.08 Å². The minimum atomic E-state index is -1.74. The van der Waals surface area contributed by atoms with Crippen molar-refractivity contribution in [1.29, 1.82) is 0 Å². The highest BCUT2D eigenvalue weighted by molar-refractivity contribution is 6.19. The van der Waals surface area contributed by atoms with Crippen LogP contribution in [0, 0.1) is 11.8 Å². The number of hydrogen-bond acceptors (Lipinski definition) is 8. The van der Waals surface area contributed by atoms with E-state index in [1.807, 2.05) is 66.7 Å². The van der Waals surface area contributed by atoms with E-state index < -0.39 is 52.6 Å². The molecule has 1 saturated heterocycles. The van der Waals surface area contributed by atoms with E-state index in [9.17, 15) is 29.7 Å². The lowest BCUT2D eigenvalue weighted by Gasteiger charge is -2.56. The van der Waals surface area contributed by atoms with Crippen molar-refractivity contribution >= 4 is 23.6 Å². The molecule has 1 aromatic rings. The van der Waals surface area contributed by atoms with Crippen molar-refractivity contribution in [2.45, 2.75) is 103 Å². The molecule has 1 unspecified atom stereocenters. The van der Waals surface area contributed by atoms with Gasteiger partial charge in [-0.25, -0.2) is 4.79 Å². The van der Waals surface area contributed by atoms with Crippen LogP contribution in [-0.4, -0.2) is 61.9 Å². The van der Waals surface area contributed by atoms with Gasteiger partial charge >= 0.3 is 5.97 Å². The average molecular weight is 645 g/mol. The third kappa shape index (κ3) is 4.76. The Bertz CT molecular complexity index is 1750. The first kappa shape index (κ1) is 33.0. The molecule has 3 aliphatic carbocycles. The zero-order valence-corrected chi connectivity index (χ0v) is 28.2. The number of allylic oxidation sites excluding steroid dienone is 5. The number of aliphatic carboxylic acids is 1. The maximum Gasteiger partial charge on any atom is 0.333 e. The fourth-order valence-corrected chi connectivity index (χ4v) is 8.27. The molecular formula is C38H44O9. The van der Waals surface area contributed by atoms with Gasteiger partial charge in [-0.2, -0.15) is 0 Å². The number of hydrogen-bond donors (Lipinski definition) is 3. The smallest absolute Gasteiger partial charge is 0.333 e. The maximum absolute atomic E-state index is 14.7. The Morgan fingerprint density at radius 3 is 2.36 bits per heavy atom. The van der Waals surface area contributed by atoms with Crippen LogP contribution >= 0.6 is 0 Å². The molecule has 1 spiro atoms. The Hall–Kier alpha value is -3.95. The third-order valence-corrected chi connectivity index (χ3v) is 10.5. The highest BCUT2D eigenvalue weighted by Gasteiger charge is 2.81. The van der Waals surface area contributed by atoms with E-state index in [1.165, 1.54) is 11.6 Å². The Balaban J connectivity index is 1.59. The SMILES string of the molecule is CC(C)=CCC[C@]1(C)C=Cc2c(O)c3c(c(CC=C(C)C)c2O1)O[C@]12C(=C[C@@H]4CC1C(C)(C)O[C@@]2(CC=C(CO)C(=O)O)C4=O)C3=O. The van der Waals surface area contributed by atoms with Crippen molar-refractivity contribution < 1.29 is 43.9 Å². The van der Waals surface area contributed by atoms with Crippen LogP contribution in [0.15, 0.2) is 52.7 Å². The topological polar surface area (TPSA) is 140 Å². The van der Waals surface area contributed by atoms with Gasteiger partial charge in [0.05, 0.1) is 23.3 Å². The largest absolute Gasteiger partial charge is 0.506 e. The zero-order valence-electron chi connectivity index (χ0n) is 28.2. The molecule has 3 aliphatic heterocycles. The predicted molar refractivity (Wildman–Crippen MR) is 176 cm³/mol. The molecule has 47 heavy (non-hydrogen) atoms. The summed E-state index contributed by atoms with van der Waals surface area (Å²) in [4.78, 5) is 40.9. The molecule has 5 atom stereocenters. The first-order valence-corrected chi connectivity index (χ1v) is 16.3. The first-order valence-electron chi connectivity index (χ1n) is 16.3. The van der Waals surface area contributed by atoms with E-state index in [4.69, 9.17) is 14.2 Å². The number of ether oxygens (including phenoxy) is 3. The standard InChI is InChI=1S/C38H44O9/c1-20(2)9-8-14-36(7)15-13-24-29(40)28-30(41)26-17-23-18-27-35(5,6)47-37(33(23)42,16-12-22(19-39)34(43)44)38(26,27)46-32(28)25(31(24)45-36)11-10-21(3)4/h9-10,12-13,15,17,23,27,39-40H,8,11,14,16,18-19H2,1-7H3,(H,43,44)/t23-,27?,36-,37+,38-/m1/s1. The summed E-state index contributed by atoms with van der Waals surface area (Å²) in [6, 6.07) is 0. The second-order valence-electron chi connectivity index (χ2n) is 14.8. The van der Waals surface area contributed by atoms with Gasteiger partial charge in [-0.15, -0.1) is 0 Å². The van der Waals surface area contributed by atoms with Crippen LogP contribution in [0.25, 0.3) is 6.08 Å². The number of aromatic hydroxyl groups is 1. The van der Waals surface area contributed by atoms with Crippen molar-refractivity contribution in [3.05, 3.63) is 69.4 Å². The Morgan fingerprint density at radius 1 is 1.02 bits per heavy atom. The lowest BCUT2D eigenvalue weighted by atomic mass is 9.51. The molecular weight excluding hydrogens is 600 g/mol. The number of phenols is 1. The molecule has 9 nitrogen and oxygen atoms in total. The highest BCUT2D eigenvalue weighted by Crippen LogP contribution is 2.68. The van der Waals surface area contributed by atoms with Gasteiger partial charge in [-0.3, -0.25) is 9.59 Å². The summed E-state index contributed by atoms with van der Waals surface area (Å²) in [7, 11) is 0. The number of carbonyl (C=O) groups excluding carboxylic acids is 2. The van der Waals surface area contributed by atoms with Crippen molar-refractivity contribution in [3.8, 4) is 17.2 Å². The van der Waals surface area contributed by atoms with E-state index >= 15 is 0 Å². The molecule has 7 rings (SSSR count). The number of carboxylic acid groups (broad SMARTS) is 1. The summed E-state index contributed by atoms with van der Waals surface area (Å²) in [5.41, 5.74) is -1.79. The van der Waals surface area contributed by atoms with Crippen LogP contribution in [-0.2, 0) is 20.7 Å². The lowest BCUT2D eigenvalue weighted by Crippen LogP contribution is -2.72. The van der Waals surface area contributed by atoms with Gasteiger partial charge in [-0.1, -0.05) is 35.5 Å². The number of aliphatic hydroxyl groups excluding tert-OH is 1. The van der Waals surface area contributed by atoms with Crippen LogP contribution in [0.2, 0.25) is 0 Å². The van der Waals surface area contributed by atoms with E-state index in [0.29, 0.717) is 36.1 Å². The number of phenolic OH excluding ortho intramolecular Hbond substituents is 1. The van der Waals surface area contributed by atoms with Gasteiger partial charge in [0.15, 0.2) is 22.8 Å². The van der Waals surface area contributed by atoms with Crippen molar-refractivity contribution in [3.63, 3.8) is 0 Å². The summed E-state index contributed by atoms with van der Waals surface area (Å²) >= 11 is 0. The van der Waals surface area contributed by atoms with Crippen molar-refractivity contribution in [2.24, 2.45) is 11.8 Å². The van der Waals surface area contributed by atoms with E-state index in [-0.39, 0.29) is 40.4 Å². The van der Waals surface area contributed by atoms with Gasteiger partial charge < -0.3 is 29.5 Å². The molecule has 4 bridgehead atoms. The van der Waals surface area contributed by atoms with Gasteiger partial charge in [0.2, 0.25) is 0 Å². The number of carboxylic acids is 1. The fraction of sp³-hybridized carbons (Fsp3) is 0.500. The molecule has 0 aromatic heterocycles. The number of ketones is 2. The Kier molecular flexibility index (Phi) is 7.76.